The Labute approximate surface area is 98.3 Å². The molecule has 0 aliphatic rings. The number of thiophene rings is 1. The van der Waals surface area contributed by atoms with Crippen LogP contribution >= 0.6 is 39.7 Å². The summed E-state index contributed by atoms with van der Waals surface area (Å²) in [7, 11) is 0. The predicted octanol–water partition coefficient (Wildman–Crippen LogP) is 3.98. The van der Waals surface area contributed by atoms with Gasteiger partial charge >= 0.3 is 0 Å². The van der Waals surface area contributed by atoms with Crippen molar-refractivity contribution in [3.05, 3.63) is 20.8 Å². The monoisotopic (exact) mass is 283 g/mol. The summed E-state index contributed by atoms with van der Waals surface area (Å²) in [6.45, 7) is 4.39. The fraction of sp³-hybridized carbons (Fsp3) is 0.556. The van der Waals surface area contributed by atoms with Crippen molar-refractivity contribution in [3.8, 4) is 0 Å². The van der Waals surface area contributed by atoms with Crippen molar-refractivity contribution >= 4 is 39.7 Å². The average Bonchev–Trinajstić information content (AvgIpc) is 2.33. The lowest BCUT2D eigenvalue weighted by Gasteiger charge is -2.12. The first-order chi connectivity index (χ1) is 5.61. The van der Waals surface area contributed by atoms with Crippen LogP contribution in [0.5, 0.6) is 0 Å². The summed E-state index contributed by atoms with van der Waals surface area (Å²) in [5.41, 5.74) is 6.02. The number of nitrogens with two attached hydrogens (primary N) is 1. The van der Waals surface area contributed by atoms with Gasteiger partial charge in [0.25, 0.3) is 0 Å². The lowest BCUT2D eigenvalue weighted by molar-refractivity contribution is 0.514. The summed E-state index contributed by atoms with van der Waals surface area (Å²) >= 11 is 5.21. The third-order valence-electron chi connectivity index (χ3n) is 1.71. The molecule has 4 heteroatoms. The van der Waals surface area contributed by atoms with E-state index in [2.05, 4.69) is 41.2 Å². The third kappa shape index (κ3) is 3.98. The highest BCUT2D eigenvalue weighted by Crippen LogP contribution is 2.30. The largest absolute Gasteiger partial charge is 0.323 e. The van der Waals surface area contributed by atoms with E-state index in [1.54, 1.807) is 11.3 Å². The summed E-state index contributed by atoms with van der Waals surface area (Å²) in [5.74, 6) is 0.661. The average molecular weight is 285 g/mol. The minimum Gasteiger partial charge on any atom is -0.323 e. The van der Waals surface area contributed by atoms with E-state index in [0.29, 0.717) is 5.92 Å². The maximum absolute atomic E-state index is 6.02. The van der Waals surface area contributed by atoms with Crippen molar-refractivity contribution in [3.63, 3.8) is 0 Å². The smallest absolute Gasteiger partial charge is 0.0403 e. The standard InChI is InChI=1S/C9H14BrNS.ClH/c1-6(2)5-8(11)9-7(10)3-4-12-9;/h3-4,6,8H,5,11H2,1-2H3;1H/t8-;/m1./s1. The molecule has 1 heterocycles. The van der Waals surface area contributed by atoms with Gasteiger partial charge in [0, 0.05) is 15.4 Å². The zero-order chi connectivity index (χ0) is 9.14. The Morgan fingerprint density at radius 1 is 1.54 bits per heavy atom. The second-order valence-corrected chi connectivity index (χ2v) is 5.17. The summed E-state index contributed by atoms with van der Waals surface area (Å²) in [5, 5.41) is 2.07. The molecule has 0 amide bonds. The topological polar surface area (TPSA) is 26.0 Å². The summed E-state index contributed by atoms with van der Waals surface area (Å²) < 4.78 is 1.15. The van der Waals surface area contributed by atoms with Gasteiger partial charge in [0.15, 0.2) is 0 Å². The highest BCUT2D eigenvalue weighted by Gasteiger charge is 2.12. The quantitative estimate of drug-likeness (QED) is 0.893. The number of hydrogen-bond donors (Lipinski definition) is 1. The molecule has 1 atom stereocenters. The zero-order valence-corrected chi connectivity index (χ0v) is 11.0. The first-order valence-electron chi connectivity index (χ1n) is 4.09. The Morgan fingerprint density at radius 2 is 2.15 bits per heavy atom. The SMILES string of the molecule is CC(C)C[C@@H](N)c1sccc1Br.Cl. The molecule has 0 spiro atoms. The summed E-state index contributed by atoms with van der Waals surface area (Å²) in [6.07, 6.45) is 1.05. The van der Waals surface area contributed by atoms with Crippen molar-refractivity contribution in [1.82, 2.24) is 0 Å². The first-order valence-corrected chi connectivity index (χ1v) is 5.77. The van der Waals surface area contributed by atoms with Crippen LogP contribution in [0.4, 0.5) is 0 Å². The molecule has 0 aromatic carbocycles. The molecule has 0 aliphatic heterocycles. The molecule has 0 bridgehead atoms. The molecule has 1 nitrogen and oxygen atoms in total. The Hall–Kier alpha value is 0.430. The lowest BCUT2D eigenvalue weighted by atomic mass is 10.0. The van der Waals surface area contributed by atoms with Gasteiger partial charge in [0.1, 0.15) is 0 Å². The van der Waals surface area contributed by atoms with E-state index >= 15 is 0 Å². The van der Waals surface area contributed by atoms with Crippen molar-refractivity contribution in [2.75, 3.05) is 0 Å². The highest BCUT2D eigenvalue weighted by molar-refractivity contribution is 9.10. The molecule has 0 fully saturated rings. The van der Waals surface area contributed by atoms with E-state index in [9.17, 15) is 0 Å². The van der Waals surface area contributed by atoms with Crippen molar-refractivity contribution in [2.24, 2.45) is 11.7 Å². The number of halogens is 2. The van der Waals surface area contributed by atoms with Gasteiger partial charge in [-0.05, 0) is 39.7 Å². The fourth-order valence-corrected chi connectivity index (χ4v) is 2.87. The molecule has 0 saturated carbocycles. The molecule has 76 valence electrons. The minimum atomic E-state index is 0. The van der Waals surface area contributed by atoms with Crippen LogP contribution in [0.2, 0.25) is 0 Å². The molecule has 13 heavy (non-hydrogen) atoms. The van der Waals surface area contributed by atoms with E-state index in [1.807, 2.05) is 0 Å². The van der Waals surface area contributed by atoms with Gasteiger partial charge in [-0.1, -0.05) is 13.8 Å². The maximum Gasteiger partial charge on any atom is 0.0403 e. The van der Waals surface area contributed by atoms with E-state index in [4.69, 9.17) is 5.73 Å². The van der Waals surface area contributed by atoms with Crippen molar-refractivity contribution < 1.29 is 0 Å². The van der Waals surface area contributed by atoms with E-state index in [1.165, 1.54) is 4.88 Å². The Kier molecular flexibility index (Phi) is 6.21. The van der Waals surface area contributed by atoms with Gasteiger partial charge in [-0.15, -0.1) is 23.7 Å². The van der Waals surface area contributed by atoms with Crippen LogP contribution in [0.25, 0.3) is 0 Å². The molecular formula is C9H15BrClNS. The molecule has 0 unspecified atom stereocenters. The number of hydrogen-bond acceptors (Lipinski definition) is 2. The summed E-state index contributed by atoms with van der Waals surface area (Å²) in [4.78, 5) is 1.27. The second kappa shape index (κ2) is 6.02. The Morgan fingerprint density at radius 3 is 2.54 bits per heavy atom. The Bertz CT molecular complexity index is 250. The fourth-order valence-electron chi connectivity index (χ4n) is 1.18. The van der Waals surface area contributed by atoms with Gasteiger partial charge in [-0.2, -0.15) is 0 Å². The zero-order valence-electron chi connectivity index (χ0n) is 7.79. The second-order valence-electron chi connectivity index (χ2n) is 3.37. The molecule has 1 aromatic heterocycles. The van der Waals surface area contributed by atoms with Crippen molar-refractivity contribution in [1.29, 1.82) is 0 Å². The van der Waals surface area contributed by atoms with Crippen LogP contribution in [-0.4, -0.2) is 0 Å². The van der Waals surface area contributed by atoms with Crippen LogP contribution in [0.15, 0.2) is 15.9 Å². The molecule has 1 aromatic rings. The Balaban J connectivity index is 0.00000144. The van der Waals surface area contributed by atoms with Gasteiger partial charge in [0.05, 0.1) is 0 Å². The molecular weight excluding hydrogens is 270 g/mol. The van der Waals surface area contributed by atoms with E-state index < -0.39 is 0 Å². The van der Waals surface area contributed by atoms with Crippen LogP contribution < -0.4 is 5.73 Å². The minimum absolute atomic E-state index is 0. The normalized spacial score (nSPS) is 12.7. The van der Waals surface area contributed by atoms with Gasteiger partial charge in [-0.3, -0.25) is 0 Å². The summed E-state index contributed by atoms with van der Waals surface area (Å²) in [6, 6.07) is 2.25. The molecule has 2 N–H and O–H groups in total. The van der Waals surface area contributed by atoms with Crippen molar-refractivity contribution in [2.45, 2.75) is 26.3 Å². The van der Waals surface area contributed by atoms with Gasteiger partial charge in [0.2, 0.25) is 0 Å². The van der Waals surface area contributed by atoms with Gasteiger partial charge < -0.3 is 5.73 Å². The molecule has 1 rings (SSSR count). The molecule has 0 aliphatic carbocycles. The van der Waals surface area contributed by atoms with E-state index in [-0.39, 0.29) is 18.4 Å². The van der Waals surface area contributed by atoms with Crippen LogP contribution in [0.3, 0.4) is 0 Å². The molecule has 0 radical (unpaired) electrons. The first kappa shape index (κ1) is 13.4. The third-order valence-corrected chi connectivity index (χ3v) is 3.71. The predicted molar refractivity (Wildman–Crippen MR) is 65.7 cm³/mol. The van der Waals surface area contributed by atoms with E-state index in [0.717, 1.165) is 10.9 Å². The molecule has 0 saturated heterocycles. The maximum atomic E-state index is 6.02. The van der Waals surface area contributed by atoms with Crippen LogP contribution in [0.1, 0.15) is 31.2 Å². The number of rotatable bonds is 3. The van der Waals surface area contributed by atoms with Crippen LogP contribution in [0, 0.1) is 5.92 Å². The lowest BCUT2D eigenvalue weighted by Crippen LogP contribution is -2.11. The van der Waals surface area contributed by atoms with Crippen LogP contribution in [-0.2, 0) is 0 Å². The highest BCUT2D eigenvalue weighted by atomic mass is 79.9. The van der Waals surface area contributed by atoms with Gasteiger partial charge in [-0.25, -0.2) is 0 Å².